The molecule has 0 saturated heterocycles. The third kappa shape index (κ3) is 5.73. The van der Waals surface area contributed by atoms with Gasteiger partial charge in [-0.1, -0.05) is 48.0 Å². The summed E-state index contributed by atoms with van der Waals surface area (Å²) in [6.07, 6.45) is 1.45. The van der Waals surface area contributed by atoms with E-state index in [2.05, 4.69) is 27.3 Å². The second-order valence-electron chi connectivity index (χ2n) is 6.36. The van der Waals surface area contributed by atoms with E-state index in [-0.39, 0.29) is 12.2 Å². The lowest BCUT2D eigenvalue weighted by atomic mass is 10.1. The van der Waals surface area contributed by atoms with Gasteiger partial charge in [0.1, 0.15) is 18.2 Å². The van der Waals surface area contributed by atoms with Gasteiger partial charge in [0, 0.05) is 11.3 Å². The Morgan fingerprint density at radius 3 is 2.48 bits per heavy atom. The Hall–Kier alpha value is -3.58. The molecule has 0 fully saturated rings. The predicted molar refractivity (Wildman–Crippen MR) is 123 cm³/mol. The number of carbonyl (C=O) groups excluding carboxylic acids is 1. The number of benzene rings is 3. The molecule has 31 heavy (non-hydrogen) atoms. The van der Waals surface area contributed by atoms with Crippen molar-refractivity contribution in [3.63, 3.8) is 0 Å². The number of halogens is 2. The van der Waals surface area contributed by atoms with Crippen molar-refractivity contribution in [2.24, 2.45) is 0 Å². The van der Waals surface area contributed by atoms with Gasteiger partial charge in [-0.05, 0) is 57.9 Å². The molecule has 0 spiro atoms. The van der Waals surface area contributed by atoms with Crippen LogP contribution in [0.5, 0.6) is 5.75 Å². The molecular formula is C24H15BrClN3O2. The van der Waals surface area contributed by atoms with Gasteiger partial charge in [-0.3, -0.25) is 4.79 Å². The Bertz CT molecular complexity index is 1200. The van der Waals surface area contributed by atoms with E-state index in [0.29, 0.717) is 32.1 Å². The zero-order chi connectivity index (χ0) is 22.2. The van der Waals surface area contributed by atoms with Crippen molar-refractivity contribution < 1.29 is 9.53 Å². The van der Waals surface area contributed by atoms with Crippen LogP contribution in [0.4, 0.5) is 5.69 Å². The Morgan fingerprint density at radius 2 is 1.81 bits per heavy atom. The monoisotopic (exact) mass is 491 g/mol. The molecular weight excluding hydrogens is 478 g/mol. The number of hydrogen-bond acceptors (Lipinski definition) is 4. The average molecular weight is 493 g/mol. The van der Waals surface area contributed by atoms with E-state index >= 15 is 0 Å². The highest BCUT2D eigenvalue weighted by Crippen LogP contribution is 2.36. The summed E-state index contributed by atoms with van der Waals surface area (Å²) in [6.45, 7) is 0.167. The molecule has 0 saturated carbocycles. The van der Waals surface area contributed by atoms with Gasteiger partial charge in [0.2, 0.25) is 0 Å². The van der Waals surface area contributed by atoms with Crippen LogP contribution in [0.25, 0.3) is 6.08 Å². The lowest BCUT2D eigenvalue weighted by molar-refractivity contribution is -0.112. The van der Waals surface area contributed by atoms with Gasteiger partial charge in [-0.2, -0.15) is 10.5 Å². The molecule has 0 aliphatic rings. The minimum absolute atomic E-state index is 0.0663. The molecule has 5 nitrogen and oxygen atoms in total. The van der Waals surface area contributed by atoms with Crippen LogP contribution in [0.1, 0.15) is 16.7 Å². The first kappa shape index (κ1) is 22.1. The number of carbonyl (C=O) groups is 1. The minimum Gasteiger partial charge on any atom is -0.486 e. The second kappa shape index (κ2) is 10.4. The molecule has 1 amide bonds. The van der Waals surface area contributed by atoms with E-state index in [1.165, 1.54) is 6.08 Å². The first-order valence-corrected chi connectivity index (χ1v) is 10.3. The van der Waals surface area contributed by atoms with Crippen LogP contribution in [0.15, 0.2) is 76.8 Å². The lowest BCUT2D eigenvalue weighted by Crippen LogP contribution is -2.13. The molecule has 0 unspecified atom stereocenters. The average Bonchev–Trinajstić information content (AvgIpc) is 2.77. The van der Waals surface area contributed by atoms with Gasteiger partial charge in [0.15, 0.2) is 5.75 Å². The number of hydrogen-bond donors (Lipinski definition) is 1. The highest BCUT2D eigenvalue weighted by atomic mass is 79.9. The normalized spacial score (nSPS) is 10.6. The molecule has 3 rings (SSSR count). The van der Waals surface area contributed by atoms with E-state index < -0.39 is 5.91 Å². The highest BCUT2D eigenvalue weighted by Gasteiger charge is 2.13. The van der Waals surface area contributed by atoms with Crippen LogP contribution in [-0.2, 0) is 11.4 Å². The number of para-hydroxylation sites is 1. The van der Waals surface area contributed by atoms with Crippen molar-refractivity contribution in [3.8, 4) is 17.9 Å². The van der Waals surface area contributed by atoms with Crippen molar-refractivity contribution in [1.29, 1.82) is 10.5 Å². The molecule has 0 atom stereocenters. The summed E-state index contributed by atoms with van der Waals surface area (Å²) >= 11 is 9.80. The van der Waals surface area contributed by atoms with Gasteiger partial charge in [-0.15, -0.1) is 0 Å². The van der Waals surface area contributed by atoms with Crippen LogP contribution in [0, 0.1) is 22.7 Å². The number of nitrogens with zero attached hydrogens (tertiary/aromatic N) is 2. The Balaban J connectivity index is 1.79. The van der Waals surface area contributed by atoms with Gasteiger partial charge in [-0.25, -0.2) is 0 Å². The molecule has 0 bridgehead atoms. The number of ether oxygens (including phenoxy) is 1. The Morgan fingerprint density at radius 1 is 1.10 bits per heavy atom. The molecule has 1 N–H and O–H groups in total. The maximum absolute atomic E-state index is 12.4. The molecule has 0 aliphatic carbocycles. The molecule has 3 aromatic rings. The number of nitriles is 2. The van der Waals surface area contributed by atoms with Gasteiger partial charge in [0.05, 0.1) is 21.1 Å². The quantitative estimate of drug-likeness (QED) is 0.333. The summed E-state index contributed by atoms with van der Waals surface area (Å²) in [4.78, 5) is 12.4. The SMILES string of the molecule is N#C/C(=C/c1cc(Cl)c(OCc2ccccc2C#N)c(Br)c1)C(=O)Nc1ccccc1. The van der Waals surface area contributed by atoms with Crippen molar-refractivity contribution in [1.82, 2.24) is 0 Å². The molecule has 3 aromatic carbocycles. The molecule has 7 heteroatoms. The fraction of sp³-hybridized carbons (Fsp3) is 0.0417. The van der Waals surface area contributed by atoms with Crippen molar-refractivity contribution in [3.05, 3.63) is 98.5 Å². The van der Waals surface area contributed by atoms with Crippen LogP contribution in [-0.4, -0.2) is 5.91 Å². The van der Waals surface area contributed by atoms with E-state index in [9.17, 15) is 15.3 Å². The zero-order valence-corrected chi connectivity index (χ0v) is 18.4. The summed E-state index contributed by atoms with van der Waals surface area (Å²) in [6, 6.07) is 23.3. The van der Waals surface area contributed by atoms with E-state index in [0.717, 1.165) is 5.56 Å². The Labute approximate surface area is 193 Å². The Kier molecular flexibility index (Phi) is 7.45. The van der Waals surface area contributed by atoms with Crippen LogP contribution in [0.3, 0.4) is 0 Å². The standard InChI is InChI=1S/C24H15BrClN3O2/c25-21-11-16(10-19(14-28)24(30)29-20-8-2-1-3-9-20)12-22(26)23(21)31-15-18-7-5-4-6-17(18)13-27/h1-12H,15H2,(H,29,30)/b19-10-. The topological polar surface area (TPSA) is 85.9 Å². The van der Waals surface area contributed by atoms with Gasteiger partial charge in [0.25, 0.3) is 5.91 Å². The first-order valence-electron chi connectivity index (χ1n) is 9.10. The third-order valence-corrected chi connectivity index (χ3v) is 5.11. The van der Waals surface area contributed by atoms with Gasteiger partial charge < -0.3 is 10.1 Å². The summed E-state index contributed by atoms with van der Waals surface area (Å²) in [7, 11) is 0. The van der Waals surface area contributed by atoms with E-state index in [1.807, 2.05) is 24.3 Å². The van der Waals surface area contributed by atoms with Crippen LogP contribution < -0.4 is 10.1 Å². The fourth-order valence-corrected chi connectivity index (χ4v) is 3.73. The lowest BCUT2D eigenvalue weighted by Gasteiger charge is -2.12. The maximum Gasteiger partial charge on any atom is 0.266 e. The molecule has 0 radical (unpaired) electrons. The first-order chi connectivity index (χ1) is 15.0. The second-order valence-corrected chi connectivity index (χ2v) is 7.62. The summed E-state index contributed by atoms with van der Waals surface area (Å²) in [5.41, 5.74) is 2.35. The number of rotatable bonds is 6. The van der Waals surface area contributed by atoms with Crippen LogP contribution in [0.2, 0.25) is 5.02 Å². The predicted octanol–water partition coefficient (Wildman–Crippen LogP) is 6.10. The fourth-order valence-electron chi connectivity index (χ4n) is 2.74. The number of nitrogens with one attached hydrogen (secondary N) is 1. The molecule has 0 aromatic heterocycles. The number of anilines is 1. The highest BCUT2D eigenvalue weighted by molar-refractivity contribution is 9.10. The molecule has 0 heterocycles. The molecule has 0 aliphatic heterocycles. The zero-order valence-electron chi connectivity index (χ0n) is 16.1. The summed E-state index contributed by atoms with van der Waals surface area (Å²) < 4.78 is 6.37. The summed E-state index contributed by atoms with van der Waals surface area (Å²) in [5.74, 6) is -0.117. The van der Waals surface area contributed by atoms with Crippen molar-refractivity contribution in [2.75, 3.05) is 5.32 Å². The van der Waals surface area contributed by atoms with Crippen molar-refractivity contribution >= 4 is 45.2 Å². The largest absolute Gasteiger partial charge is 0.486 e. The van der Waals surface area contributed by atoms with Crippen molar-refractivity contribution in [2.45, 2.75) is 6.61 Å². The van der Waals surface area contributed by atoms with Gasteiger partial charge >= 0.3 is 0 Å². The maximum atomic E-state index is 12.4. The van der Waals surface area contributed by atoms with E-state index in [4.69, 9.17) is 16.3 Å². The van der Waals surface area contributed by atoms with Crippen LogP contribution >= 0.6 is 27.5 Å². The number of amides is 1. The smallest absolute Gasteiger partial charge is 0.266 e. The summed E-state index contributed by atoms with van der Waals surface area (Å²) in [5, 5.41) is 21.6. The van der Waals surface area contributed by atoms with E-state index in [1.54, 1.807) is 48.5 Å². The molecule has 152 valence electrons. The minimum atomic E-state index is -0.519. The third-order valence-electron chi connectivity index (χ3n) is 4.24.